The molecular formula is C19H19Cl2NO4. The van der Waals surface area contributed by atoms with E-state index < -0.39 is 11.9 Å². The number of benzene rings is 1. The molecule has 0 spiro atoms. The Bertz CT molecular complexity index is 865. The quantitative estimate of drug-likeness (QED) is 0.693. The predicted molar refractivity (Wildman–Crippen MR) is 101 cm³/mol. The third-order valence-corrected chi connectivity index (χ3v) is 4.75. The summed E-state index contributed by atoms with van der Waals surface area (Å²) in [4.78, 5) is 29.0. The second-order valence-corrected chi connectivity index (χ2v) is 6.37. The molecule has 1 aromatic heterocycles. The molecule has 0 saturated carbocycles. The van der Waals surface area contributed by atoms with Gasteiger partial charge in [0, 0.05) is 16.8 Å². The molecule has 0 N–H and O–H groups in total. The average Bonchev–Trinajstić information content (AvgIpc) is 2.59. The standard InChI is InChI=1S/C19H19Cl2NO4/c1-5-26-19(24)16-11(3)22-10(2)13(9-15(23)25-4)17(16)12-7-6-8-14(20)18(12)21/h6-8H,5,9H2,1-4H3. The minimum absolute atomic E-state index is 0.0554. The SMILES string of the molecule is CCOC(=O)c1c(C)nc(C)c(CC(=O)OC)c1-c1cccc(Cl)c1Cl. The molecule has 26 heavy (non-hydrogen) atoms. The average molecular weight is 396 g/mol. The number of nitrogens with zero attached hydrogens (tertiary/aromatic N) is 1. The van der Waals surface area contributed by atoms with E-state index in [9.17, 15) is 9.59 Å². The molecule has 0 radical (unpaired) electrons. The van der Waals surface area contributed by atoms with E-state index in [4.69, 9.17) is 32.7 Å². The van der Waals surface area contributed by atoms with Gasteiger partial charge in [0.25, 0.3) is 0 Å². The number of pyridine rings is 1. The van der Waals surface area contributed by atoms with Gasteiger partial charge in [-0.15, -0.1) is 0 Å². The Hall–Kier alpha value is -2.11. The maximum atomic E-state index is 12.6. The maximum Gasteiger partial charge on any atom is 0.340 e. The van der Waals surface area contributed by atoms with Gasteiger partial charge in [-0.1, -0.05) is 35.3 Å². The minimum Gasteiger partial charge on any atom is -0.469 e. The number of halogens is 2. The number of carbonyl (C=O) groups excluding carboxylic acids is 2. The maximum absolute atomic E-state index is 12.6. The van der Waals surface area contributed by atoms with Crippen molar-refractivity contribution in [2.24, 2.45) is 0 Å². The van der Waals surface area contributed by atoms with Gasteiger partial charge in [-0.3, -0.25) is 9.78 Å². The van der Waals surface area contributed by atoms with Gasteiger partial charge >= 0.3 is 11.9 Å². The number of methoxy groups -OCH3 is 1. The van der Waals surface area contributed by atoms with Crippen LogP contribution in [0.1, 0.15) is 34.2 Å². The summed E-state index contributed by atoms with van der Waals surface area (Å²) in [5, 5.41) is 0.631. The first kappa shape index (κ1) is 20.2. The lowest BCUT2D eigenvalue weighted by molar-refractivity contribution is -0.139. The van der Waals surface area contributed by atoms with Gasteiger partial charge in [-0.2, -0.15) is 0 Å². The first-order valence-electron chi connectivity index (χ1n) is 8.00. The van der Waals surface area contributed by atoms with Gasteiger partial charge in [0.15, 0.2) is 0 Å². The van der Waals surface area contributed by atoms with Crippen LogP contribution in [0.25, 0.3) is 11.1 Å². The number of ether oxygens (including phenoxy) is 2. The lowest BCUT2D eigenvalue weighted by Crippen LogP contribution is -2.16. The van der Waals surface area contributed by atoms with Crippen molar-refractivity contribution in [3.8, 4) is 11.1 Å². The van der Waals surface area contributed by atoms with Gasteiger partial charge < -0.3 is 9.47 Å². The predicted octanol–water partition coefficient (Wildman–Crippen LogP) is 4.56. The van der Waals surface area contributed by atoms with E-state index in [0.717, 1.165) is 0 Å². The number of hydrogen-bond acceptors (Lipinski definition) is 5. The molecule has 1 heterocycles. The van der Waals surface area contributed by atoms with Crippen molar-refractivity contribution in [1.82, 2.24) is 4.98 Å². The lowest BCUT2D eigenvalue weighted by Gasteiger charge is -2.19. The molecule has 0 aliphatic heterocycles. The summed E-state index contributed by atoms with van der Waals surface area (Å²) in [7, 11) is 1.30. The molecule has 138 valence electrons. The highest BCUT2D eigenvalue weighted by Crippen LogP contribution is 2.39. The first-order chi connectivity index (χ1) is 12.3. The topological polar surface area (TPSA) is 65.5 Å². The van der Waals surface area contributed by atoms with Crippen LogP contribution in [0.2, 0.25) is 10.0 Å². The summed E-state index contributed by atoms with van der Waals surface area (Å²) in [6.45, 7) is 5.41. The largest absolute Gasteiger partial charge is 0.469 e. The minimum atomic E-state index is -0.533. The second-order valence-electron chi connectivity index (χ2n) is 5.59. The van der Waals surface area contributed by atoms with Crippen LogP contribution in [0.15, 0.2) is 18.2 Å². The highest BCUT2D eigenvalue weighted by atomic mass is 35.5. The molecule has 0 fully saturated rings. The normalized spacial score (nSPS) is 10.5. The molecular weight excluding hydrogens is 377 g/mol. The van der Waals surface area contributed by atoms with Crippen LogP contribution < -0.4 is 0 Å². The summed E-state index contributed by atoms with van der Waals surface area (Å²) in [6.07, 6.45) is -0.0554. The van der Waals surface area contributed by atoms with Crippen molar-refractivity contribution < 1.29 is 19.1 Å². The molecule has 0 aliphatic carbocycles. The van der Waals surface area contributed by atoms with Crippen LogP contribution >= 0.6 is 23.2 Å². The van der Waals surface area contributed by atoms with E-state index in [-0.39, 0.29) is 23.6 Å². The van der Waals surface area contributed by atoms with Crippen molar-refractivity contribution in [3.05, 3.63) is 50.8 Å². The number of rotatable bonds is 5. The summed E-state index contributed by atoms with van der Waals surface area (Å²) in [5.74, 6) is -0.984. The summed E-state index contributed by atoms with van der Waals surface area (Å²) >= 11 is 12.6. The van der Waals surface area contributed by atoms with E-state index >= 15 is 0 Å². The number of esters is 2. The lowest BCUT2D eigenvalue weighted by atomic mass is 9.91. The summed E-state index contributed by atoms with van der Waals surface area (Å²) in [5.41, 5.74) is 2.93. The molecule has 0 unspecified atom stereocenters. The first-order valence-corrected chi connectivity index (χ1v) is 8.75. The van der Waals surface area contributed by atoms with Gasteiger partial charge in [0.05, 0.1) is 41.4 Å². The second kappa shape index (κ2) is 8.52. The zero-order valence-corrected chi connectivity index (χ0v) is 16.5. The van der Waals surface area contributed by atoms with Crippen molar-refractivity contribution in [1.29, 1.82) is 0 Å². The molecule has 0 bridgehead atoms. The van der Waals surface area contributed by atoms with Crippen LogP contribution in [-0.4, -0.2) is 30.6 Å². The van der Waals surface area contributed by atoms with E-state index in [1.807, 2.05) is 0 Å². The van der Waals surface area contributed by atoms with Gasteiger partial charge in [-0.25, -0.2) is 4.79 Å². The van der Waals surface area contributed by atoms with Crippen LogP contribution in [0.5, 0.6) is 0 Å². The van der Waals surface area contributed by atoms with Gasteiger partial charge in [0.1, 0.15) is 0 Å². The molecule has 0 amide bonds. The van der Waals surface area contributed by atoms with Crippen LogP contribution in [0, 0.1) is 13.8 Å². The summed E-state index contributed by atoms with van der Waals surface area (Å²) < 4.78 is 9.99. The van der Waals surface area contributed by atoms with E-state index in [1.54, 1.807) is 39.0 Å². The molecule has 2 rings (SSSR count). The highest BCUT2D eigenvalue weighted by molar-refractivity contribution is 6.43. The van der Waals surface area contributed by atoms with Gasteiger partial charge in [-0.05, 0) is 32.4 Å². The Morgan fingerprint density at radius 3 is 2.46 bits per heavy atom. The molecule has 2 aromatic rings. The Kier molecular flexibility index (Phi) is 6.62. The Morgan fingerprint density at radius 1 is 1.15 bits per heavy atom. The molecule has 5 nitrogen and oxygen atoms in total. The van der Waals surface area contributed by atoms with Crippen molar-refractivity contribution >= 4 is 35.1 Å². The zero-order valence-electron chi connectivity index (χ0n) is 15.0. The zero-order chi connectivity index (χ0) is 19.4. The van der Waals surface area contributed by atoms with Crippen molar-refractivity contribution in [3.63, 3.8) is 0 Å². The molecule has 7 heteroatoms. The number of aromatic nitrogens is 1. The fourth-order valence-corrected chi connectivity index (χ4v) is 3.16. The number of carbonyl (C=O) groups is 2. The Morgan fingerprint density at radius 2 is 1.85 bits per heavy atom. The van der Waals surface area contributed by atoms with E-state index in [0.29, 0.717) is 33.1 Å². The molecule has 1 aromatic carbocycles. The molecule has 0 aliphatic rings. The third kappa shape index (κ3) is 4.00. The van der Waals surface area contributed by atoms with Crippen LogP contribution in [0.4, 0.5) is 0 Å². The van der Waals surface area contributed by atoms with Crippen molar-refractivity contribution in [2.75, 3.05) is 13.7 Å². The molecule has 0 atom stereocenters. The van der Waals surface area contributed by atoms with Crippen LogP contribution in [-0.2, 0) is 20.7 Å². The monoisotopic (exact) mass is 395 g/mol. The highest BCUT2D eigenvalue weighted by Gasteiger charge is 2.26. The fourth-order valence-electron chi connectivity index (χ4n) is 2.77. The Balaban J connectivity index is 2.88. The fraction of sp³-hybridized carbons (Fsp3) is 0.316. The smallest absolute Gasteiger partial charge is 0.340 e. The van der Waals surface area contributed by atoms with Gasteiger partial charge in [0.2, 0.25) is 0 Å². The number of aryl methyl sites for hydroxylation is 2. The van der Waals surface area contributed by atoms with Crippen LogP contribution in [0.3, 0.4) is 0 Å². The van der Waals surface area contributed by atoms with E-state index in [1.165, 1.54) is 7.11 Å². The van der Waals surface area contributed by atoms with E-state index in [2.05, 4.69) is 4.98 Å². The molecule has 0 saturated heterocycles. The summed E-state index contributed by atoms with van der Waals surface area (Å²) in [6, 6.07) is 5.12. The third-order valence-electron chi connectivity index (χ3n) is 3.94. The number of hydrogen-bond donors (Lipinski definition) is 0. The van der Waals surface area contributed by atoms with Crippen molar-refractivity contribution in [2.45, 2.75) is 27.2 Å². The Labute approximate surface area is 162 Å².